The van der Waals surface area contributed by atoms with E-state index in [0.717, 1.165) is 0 Å². The monoisotopic (exact) mass is 323 g/mol. The van der Waals surface area contributed by atoms with Gasteiger partial charge in [-0.3, -0.25) is 0 Å². The maximum atomic E-state index is 10.4. The fourth-order valence-electron chi connectivity index (χ4n) is 0.960. The first kappa shape index (κ1) is 4.17. The van der Waals surface area contributed by atoms with Crippen molar-refractivity contribution in [3.63, 3.8) is 0 Å². The molecule has 126 valence electrons. The molecule has 0 rings (SSSR count). The van der Waals surface area contributed by atoms with Crippen LogP contribution in [0.15, 0.2) is 12.1 Å². The fourth-order valence-corrected chi connectivity index (χ4v) is 0.960. The van der Waals surface area contributed by atoms with E-state index in [1.165, 1.54) is 0 Å². The molecule has 0 aromatic heterocycles. The second kappa shape index (κ2) is 16.0. The van der Waals surface area contributed by atoms with Crippen LogP contribution in [0.25, 0.3) is 0 Å². The maximum Gasteiger partial charge on any atom is 0.119 e. The lowest BCUT2D eigenvalue weighted by atomic mass is 10.0. The molecular formula is C18H37NO2. The van der Waals surface area contributed by atoms with Gasteiger partial charge in [-0.05, 0) is 12.7 Å². The number of hydrogen-bond donors (Lipinski definition) is 3. The first-order chi connectivity index (χ1) is 19.3. The number of aliphatic hydroxyl groups is 2. The molecule has 0 amide bonds. The van der Waals surface area contributed by atoms with E-state index in [1.807, 2.05) is 0 Å². The van der Waals surface area contributed by atoms with E-state index < -0.39 is 93.9 Å². The van der Waals surface area contributed by atoms with Crippen molar-refractivity contribution in [1.29, 1.82) is 0 Å². The highest BCUT2D eigenvalue weighted by atomic mass is 16.3. The van der Waals surface area contributed by atoms with Crippen molar-refractivity contribution in [3.8, 4) is 0 Å². The predicted octanol–water partition coefficient (Wildman–Crippen LogP) is 3.92. The van der Waals surface area contributed by atoms with Crippen molar-refractivity contribution in [2.75, 3.05) is 6.56 Å². The molecule has 0 bridgehead atoms. The van der Waals surface area contributed by atoms with Crippen LogP contribution in [0.4, 0.5) is 0 Å². The Morgan fingerprint density at radius 1 is 1.14 bits per heavy atom. The number of hydrogen-bond acceptors (Lipinski definition) is 3. The van der Waals surface area contributed by atoms with Crippen molar-refractivity contribution >= 4 is 0 Å². The Kier molecular flexibility index (Phi) is 3.18. The Labute approximate surface area is 165 Å². The molecule has 0 aliphatic carbocycles. The molecule has 0 aromatic rings. The van der Waals surface area contributed by atoms with Crippen molar-refractivity contribution in [1.82, 2.24) is 0 Å². The van der Waals surface area contributed by atoms with Gasteiger partial charge in [0.15, 0.2) is 0 Å². The van der Waals surface area contributed by atoms with Crippen LogP contribution >= 0.6 is 0 Å². The van der Waals surface area contributed by atoms with Crippen LogP contribution in [0.2, 0.25) is 2.82 Å². The number of rotatable bonds is 16. The summed E-state index contributed by atoms with van der Waals surface area (Å²) in [6.45, 7) is -2.54. The zero-order chi connectivity index (χ0) is 37.1. The van der Waals surface area contributed by atoms with Crippen molar-refractivity contribution in [2.45, 2.75) is 95.7 Å². The van der Waals surface area contributed by atoms with Gasteiger partial charge in [-0.2, -0.15) is 0 Å². The van der Waals surface area contributed by atoms with Crippen LogP contribution in [0.1, 0.15) is 114 Å². The average molecular weight is 324 g/mol. The summed E-state index contributed by atoms with van der Waals surface area (Å²) in [7, 11) is 0. The Morgan fingerprint density at radius 2 is 1.81 bits per heavy atom. The Balaban J connectivity index is 7.34. The van der Waals surface area contributed by atoms with Crippen LogP contribution in [-0.4, -0.2) is 28.9 Å². The molecule has 0 spiro atoms. The molecule has 0 unspecified atom stereocenters. The summed E-state index contributed by atoms with van der Waals surface area (Å²) in [6, 6.07) is -8.95. The van der Waals surface area contributed by atoms with Gasteiger partial charge in [-0.25, -0.2) is 0 Å². The SMILES string of the molecule is [2H]/C(=C(/[2H])[C@@]([2H])(O)[C@@]([2H])(N([2H])[2H])C([2H])([2H])O)C([2H])([2H])C([2H])([2H])C([2H])([2H])C([2H])([2H])C([2H])([2H])C([2H])([2H])C([2H])([2H])C([2H])([2H])CCCCC. The van der Waals surface area contributed by atoms with Gasteiger partial charge >= 0.3 is 0 Å². The first-order valence-electron chi connectivity index (χ1n) is 18.1. The van der Waals surface area contributed by atoms with E-state index in [2.05, 4.69) is 0 Å². The maximum absolute atomic E-state index is 10.4. The van der Waals surface area contributed by atoms with E-state index in [9.17, 15) is 10.2 Å². The number of unbranched alkanes of at least 4 members (excludes halogenated alkanes) is 2. The summed E-state index contributed by atoms with van der Waals surface area (Å²) in [6.07, 6.45) is -38.8. The van der Waals surface area contributed by atoms with Gasteiger partial charge in [0.2, 0.25) is 0 Å². The summed E-state index contributed by atoms with van der Waals surface area (Å²) in [5.74, 6) is 0. The second-order valence-electron chi connectivity index (χ2n) is 3.57. The molecule has 4 N–H and O–H groups in total. The first-order valence-corrected chi connectivity index (χ1v) is 6.23. The Morgan fingerprint density at radius 3 is 2.43 bits per heavy atom. The molecule has 2 atom stereocenters. The van der Waals surface area contributed by atoms with Crippen molar-refractivity contribution in [3.05, 3.63) is 12.1 Å². The molecular weight excluding hydrogens is 262 g/mol. The van der Waals surface area contributed by atoms with Gasteiger partial charge in [0, 0.05) is 21.9 Å². The van der Waals surface area contributed by atoms with Gasteiger partial charge in [-0.15, -0.1) is 0 Å². The Bertz CT molecular complexity index is 1080. The highest BCUT2D eigenvalue weighted by Gasteiger charge is 2.08. The van der Waals surface area contributed by atoms with Crippen LogP contribution in [0, 0.1) is 0 Å². The third kappa shape index (κ3) is 14.3. The lowest BCUT2D eigenvalue weighted by Crippen LogP contribution is -2.36. The molecule has 0 aliphatic rings. The molecule has 21 heavy (non-hydrogen) atoms. The zero-order valence-electron chi connectivity index (χ0n) is 35.7. The normalized spacial score (nSPS) is 41.7. The van der Waals surface area contributed by atoms with E-state index in [0.29, 0.717) is 12.8 Å². The summed E-state index contributed by atoms with van der Waals surface area (Å²) >= 11 is 0. The van der Waals surface area contributed by atoms with Crippen molar-refractivity contribution in [2.24, 2.45) is 5.72 Å². The standard InChI is InChI=1S/C18H37NO2/c1-2-3-4-5-6-7-8-9-10-11-12-13-14-15-18(21)17(19)16-20/h14-15,17-18,20-21H,2-13,16,19H2,1H3/b15-14+/t17-,18+/m0/s1/i6D2,7D2,8D2,9D2,10D2,11D2,12D2,13D2,14D,15D,16D2,17D,18D/hD2. The smallest absolute Gasteiger partial charge is 0.119 e. The minimum Gasteiger partial charge on any atom is -0.395 e. The summed E-state index contributed by atoms with van der Waals surface area (Å²) < 4.78 is 190. The molecule has 3 heteroatoms. The van der Waals surface area contributed by atoms with E-state index in [1.54, 1.807) is 6.92 Å². The lowest BCUT2D eigenvalue weighted by molar-refractivity contribution is 0.144. The van der Waals surface area contributed by atoms with Gasteiger partial charge < -0.3 is 15.9 Å². The highest BCUT2D eigenvalue weighted by molar-refractivity contribution is 4.93. The Hall–Kier alpha value is -0.380. The zero-order valence-corrected chi connectivity index (χ0v) is 11.7. The number of nitrogens with two attached hydrogens (primary N) is 1. The van der Waals surface area contributed by atoms with Crippen LogP contribution in [0.5, 0.6) is 0 Å². The molecule has 0 radical (unpaired) electrons. The quantitative estimate of drug-likeness (QED) is 0.298. The van der Waals surface area contributed by atoms with Gasteiger partial charge in [0.25, 0.3) is 0 Å². The summed E-state index contributed by atoms with van der Waals surface area (Å²) in [5.41, 5.74) is -1.13. The highest BCUT2D eigenvalue weighted by Crippen LogP contribution is 2.12. The van der Waals surface area contributed by atoms with Gasteiger partial charge in [0.05, 0.1) is 26.9 Å². The number of allylic oxidation sites excluding steroid dienone is 1. The van der Waals surface area contributed by atoms with Gasteiger partial charge in [-0.1, -0.05) is 82.9 Å². The minimum absolute atomic E-state index is 0.00930. The van der Waals surface area contributed by atoms with Crippen LogP contribution < -0.4 is 5.72 Å². The minimum atomic E-state index is -4.70. The molecule has 0 fully saturated rings. The topological polar surface area (TPSA) is 66.5 Å². The lowest BCUT2D eigenvalue weighted by Gasteiger charge is -2.11. The second-order valence-corrected chi connectivity index (χ2v) is 3.57. The molecule has 0 heterocycles. The largest absolute Gasteiger partial charge is 0.395 e. The predicted molar refractivity (Wildman–Crippen MR) is 91.3 cm³/mol. The van der Waals surface area contributed by atoms with Crippen LogP contribution in [-0.2, 0) is 0 Å². The summed E-state index contributed by atoms with van der Waals surface area (Å²) in [5, 5.41) is 20.1. The fraction of sp³-hybridized carbons (Fsp3) is 0.889. The van der Waals surface area contributed by atoms with E-state index in [-0.39, 0.29) is 6.42 Å². The van der Waals surface area contributed by atoms with E-state index >= 15 is 0 Å². The molecule has 3 nitrogen and oxygen atoms in total. The van der Waals surface area contributed by atoms with Gasteiger partial charge in [0.1, 0.15) is 2.82 Å². The summed E-state index contributed by atoms with van der Waals surface area (Å²) in [4.78, 5) is 0. The molecule has 0 saturated carbocycles. The molecule has 0 aromatic carbocycles. The van der Waals surface area contributed by atoms with E-state index in [4.69, 9.17) is 33.0 Å². The third-order valence-corrected chi connectivity index (χ3v) is 1.94. The van der Waals surface area contributed by atoms with Crippen molar-refractivity contribution < 1.29 is 43.2 Å². The third-order valence-electron chi connectivity index (χ3n) is 1.94. The van der Waals surface area contributed by atoms with Crippen LogP contribution in [0.3, 0.4) is 0 Å². The molecule has 0 aliphatic heterocycles. The molecule has 0 saturated heterocycles. The average Bonchev–Trinajstić information content (AvgIpc) is 2.85.